The fourth-order valence-electron chi connectivity index (χ4n) is 3.69. The van der Waals surface area contributed by atoms with Crippen molar-refractivity contribution < 1.29 is 19.0 Å². The monoisotopic (exact) mass is 416 g/mol. The van der Waals surface area contributed by atoms with Gasteiger partial charge in [-0.15, -0.1) is 0 Å². The molecule has 1 amide bonds. The molecule has 0 aliphatic carbocycles. The third kappa shape index (κ3) is 4.10. The van der Waals surface area contributed by atoms with Crippen LogP contribution in [0.15, 0.2) is 71.7 Å². The number of hydrogen-bond donors (Lipinski definition) is 1. The maximum atomic E-state index is 13.1. The molecule has 0 bridgehead atoms. The van der Waals surface area contributed by atoms with Crippen LogP contribution < -0.4 is 19.5 Å². The first kappa shape index (κ1) is 20.5. The molecule has 4 rings (SSSR count). The number of anilines is 1. The van der Waals surface area contributed by atoms with E-state index in [1.54, 1.807) is 20.3 Å². The minimum absolute atomic E-state index is 0.140. The lowest BCUT2D eigenvalue weighted by Gasteiger charge is -2.15. The number of rotatable bonds is 7. The van der Waals surface area contributed by atoms with E-state index in [9.17, 15) is 4.79 Å². The van der Waals surface area contributed by atoms with Gasteiger partial charge in [0.2, 0.25) is 5.91 Å². The van der Waals surface area contributed by atoms with E-state index in [4.69, 9.17) is 19.2 Å². The second-order valence-corrected chi connectivity index (χ2v) is 7.01. The molecule has 3 aromatic carbocycles. The van der Waals surface area contributed by atoms with Crippen molar-refractivity contribution in [3.05, 3.63) is 77.9 Å². The Bertz CT molecular complexity index is 1110. The standard InChI is InChI=1S/C25H24N2O4/c1-4-31-18-12-10-17(11-13-18)26-24(16-8-6-5-7-9-16)23-19-14-21(29-2)22(30-3)15-20(19)27-25(23)28/h5-15,23H,4H2,1-3H3,(H,27,28). The predicted octanol–water partition coefficient (Wildman–Crippen LogP) is 4.96. The molecule has 6 nitrogen and oxygen atoms in total. The van der Waals surface area contributed by atoms with Gasteiger partial charge < -0.3 is 19.5 Å². The highest BCUT2D eigenvalue weighted by molar-refractivity contribution is 6.24. The van der Waals surface area contributed by atoms with Crippen LogP contribution in [0.2, 0.25) is 0 Å². The molecule has 0 radical (unpaired) electrons. The van der Waals surface area contributed by atoms with Crippen molar-refractivity contribution in [3.8, 4) is 17.2 Å². The Morgan fingerprint density at radius 3 is 2.29 bits per heavy atom. The Hall–Kier alpha value is -3.80. The molecule has 0 fully saturated rings. The van der Waals surface area contributed by atoms with Crippen LogP contribution in [-0.2, 0) is 4.79 Å². The van der Waals surface area contributed by atoms with Crippen LogP contribution in [0, 0.1) is 0 Å². The normalized spacial score (nSPS) is 15.3. The zero-order valence-corrected chi connectivity index (χ0v) is 17.7. The number of carbonyl (C=O) groups excluding carboxylic acids is 1. The van der Waals surface area contributed by atoms with E-state index in [0.29, 0.717) is 29.5 Å². The summed E-state index contributed by atoms with van der Waals surface area (Å²) in [6.45, 7) is 2.54. The Balaban J connectivity index is 1.83. The molecule has 0 saturated heterocycles. The summed E-state index contributed by atoms with van der Waals surface area (Å²) in [7, 11) is 3.15. The van der Waals surface area contributed by atoms with Crippen molar-refractivity contribution in [2.45, 2.75) is 12.8 Å². The summed E-state index contributed by atoms with van der Waals surface area (Å²) in [5.41, 5.74) is 3.77. The maximum absolute atomic E-state index is 13.1. The number of benzene rings is 3. The van der Waals surface area contributed by atoms with Gasteiger partial charge in [0.1, 0.15) is 11.7 Å². The summed E-state index contributed by atoms with van der Waals surface area (Å²) in [6, 6.07) is 20.9. The van der Waals surface area contributed by atoms with Crippen molar-refractivity contribution in [2.24, 2.45) is 4.99 Å². The van der Waals surface area contributed by atoms with Crippen LogP contribution in [0.1, 0.15) is 24.0 Å². The summed E-state index contributed by atoms with van der Waals surface area (Å²) in [5.74, 6) is 1.19. The van der Waals surface area contributed by atoms with Crippen LogP contribution >= 0.6 is 0 Å². The van der Waals surface area contributed by atoms with Crippen molar-refractivity contribution >= 4 is 23.0 Å². The summed E-state index contributed by atoms with van der Waals surface area (Å²) >= 11 is 0. The van der Waals surface area contributed by atoms with Gasteiger partial charge in [-0.25, -0.2) is 0 Å². The van der Waals surface area contributed by atoms with Crippen LogP contribution in [0.5, 0.6) is 17.2 Å². The highest BCUT2D eigenvalue weighted by atomic mass is 16.5. The first-order valence-electron chi connectivity index (χ1n) is 10.1. The number of methoxy groups -OCH3 is 2. The first-order valence-corrected chi connectivity index (χ1v) is 10.1. The smallest absolute Gasteiger partial charge is 0.238 e. The third-order valence-corrected chi connectivity index (χ3v) is 5.13. The van der Waals surface area contributed by atoms with E-state index < -0.39 is 5.92 Å². The lowest BCUT2D eigenvalue weighted by Crippen LogP contribution is -2.22. The van der Waals surface area contributed by atoms with Gasteiger partial charge in [-0.05, 0) is 48.4 Å². The Morgan fingerprint density at radius 2 is 1.65 bits per heavy atom. The Morgan fingerprint density at radius 1 is 0.968 bits per heavy atom. The molecule has 1 heterocycles. The highest BCUT2D eigenvalue weighted by Crippen LogP contribution is 2.42. The molecule has 1 aliphatic heterocycles. The first-order chi connectivity index (χ1) is 15.1. The van der Waals surface area contributed by atoms with Gasteiger partial charge in [0.25, 0.3) is 0 Å². The van der Waals surface area contributed by atoms with Gasteiger partial charge in [0.05, 0.1) is 32.2 Å². The lowest BCUT2D eigenvalue weighted by atomic mass is 9.90. The van der Waals surface area contributed by atoms with E-state index >= 15 is 0 Å². The third-order valence-electron chi connectivity index (χ3n) is 5.13. The quantitative estimate of drug-likeness (QED) is 0.553. The van der Waals surface area contributed by atoms with Gasteiger partial charge in [-0.1, -0.05) is 30.3 Å². The predicted molar refractivity (Wildman–Crippen MR) is 121 cm³/mol. The number of nitrogens with one attached hydrogen (secondary N) is 1. The Labute approximate surface area is 181 Å². The molecule has 31 heavy (non-hydrogen) atoms. The molecule has 1 atom stereocenters. The minimum atomic E-state index is -0.580. The molecule has 6 heteroatoms. The topological polar surface area (TPSA) is 69.2 Å². The average Bonchev–Trinajstić information content (AvgIpc) is 3.12. The molecule has 1 unspecified atom stereocenters. The van der Waals surface area contributed by atoms with E-state index in [1.807, 2.05) is 67.6 Å². The molecule has 0 aromatic heterocycles. The molecular formula is C25H24N2O4. The largest absolute Gasteiger partial charge is 0.494 e. The number of amides is 1. The number of ether oxygens (including phenoxy) is 3. The molecule has 158 valence electrons. The van der Waals surface area contributed by atoms with Gasteiger partial charge in [0.15, 0.2) is 11.5 Å². The minimum Gasteiger partial charge on any atom is -0.494 e. The summed E-state index contributed by atoms with van der Waals surface area (Å²) in [4.78, 5) is 18.0. The second-order valence-electron chi connectivity index (χ2n) is 7.01. The zero-order chi connectivity index (χ0) is 21.8. The van der Waals surface area contributed by atoms with Gasteiger partial charge in [0, 0.05) is 11.8 Å². The van der Waals surface area contributed by atoms with Crippen molar-refractivity contribution in [2.75, 3.05) is 26.1 Å². The number of nitrogens with zero attached hydrogens (tertiary/aromatic N) is 1. The van der Waals surface area contributed by atoms with Crippen LogP contribution in [-0.4, -0.2) is 32.4 Å². The van der Waals surface area contributed by atoms with Gasteiger partial charge >= 0.3 is 0 Å². The van der Waals surface area contributed by atoms with E-state index in [1.165, 1.54) is 0 Å². The zero-order valence-electron chi connectivity index (χ0n) is 17.7. The van der Waals surface area contributed by atoms with Crippen molar-refractivity contribution in [3.63, 3.8) is 0 Å². The fourth-order valence-corrected chi connectivity index (χ4v) is 3.69. The van der Waals surface area contributed by atoms with Crippen LogP contribution in [0.25, 0.3) is 0 Å². The number of aliphatic imine (C=N–C) groups is 1. The fraction of sp³-hybridized carbons (Fsp3) is 0.200. The van der Waals surface area contributed by atoms with Crippen LogP contribution in [0.4, 0.5) is 11.4 Å². The second kappa shape index (κ2) is 8.92. The van der Waals surface area contributed by atoms with E-state index in [-0.39, 0.29) is 5.91 Å². The average molecular weight is 416 g/mol. The Kier molecular flexibility index (Phi) is 5.89. The molecule has 0 saturated carbocycles. The molecule has 1 aliphatic rings. The SMILES string of the molecule is CCOc1ccc(N=C(c2ccccc2)C2C(=O)Nc3cc(OC)c(OC)cc32)cc1. The lowest BCUT2D eigenvalue weighted by molar-refractivity contribution is -0.115. The highest BCUT2D eigenvalue weighted by Gasteiger charge is 2.36. The molecule has 0 spiro atoms. The summed E-state index contributed by atoms with van der Waals surface area (Å²) in [6.07, 6.45) is 0. The summed E-state index contributed by atoms with van der Waals surface area (Å²) in [5, 5.41) is 2.96. The number of fused-ring (bicyclic) bond motifs is 1. The van der Waals surface area contributed by atoms with Gasteiger partial charge in [-0.3, -0.25) is 9.79 Å². The maximum Gasteiger partial charge on any atom is 0.238 e. The van der Waals surface area contributed by atoms with Crippen molar-refractivity contribution in [1.29, 1.82) is 0 Å². The number of carbonyl (C=O) groups is 1. The molecular weight excluding hydrogens is 392 g/mol. The van der Waals surface area contributed by atoms with Gasteiger partial charge in [-0.2, -0.15) is 0 Å². The number of hydrogen-bond acceptors (Lipinski definition) is 5. The van der Waals surface area contributed by atoms with Crippen molar-refractivity contribution in [1.82, 2.24) is 0 Å². The van der Waals surface area contributed by atoms with E-state index in [2.05, 4.69) is 5.32 Å². The van der Waals surface area contributed by atoms with E-state index in [0.717, 1.165) is 22.6 Å². The van der Waals surface area contributed by atoms with Crippen LogP contribution in [0.3, 0.4) is 0 Å². The molecule has 3 aromatic rings. The summed E-state index contributed by atoms with van der Waals surface area (Å²) < 4.78 is 16.4. The molecule has 1 N–H and O–H groups in total.